The van der Waals surface area contributed by atoms with E-state index >= 15 is 0 Å². The van der Waals surface area contributed by atoms with Gasteiger partial charge in [0.2, 0.25) is 0 Å². The number of rotatable bonds is 10. The van der Waals surface area contributed by atoms with Crippen molar-refractivity contribution in [2.24, 2.45) is 0 Å². The minimum Gasteiger partial charge on any atom is -0.373 e. The second kappa shape index (κ2) is 12.2. The molecule has 2 aromatic heterocycles. The normalized spacial score (nSPS) is 15.3. The molecule has 1 saturated carbocycles. The topological polar surface area (TPSA) is 79.3 Å². The molecule has 0 radical (unpaired) electrons. The molecule has 7 heteroatoms. The number of benzene rings is 1. The van der Waals surface area contributed by atoms with Crippen LogP contribution in [0.25, 0.3) is 0 Å². The van der Waals surface area contributed by atoms with Gasteiger partial charge in [-0.3, -0.25) is 14.6 Å². The summed E-state index contributed by atoms with van der Waals surface area (Å²) < 4.78 is 2.13. The molecule has 7 nitrogen and oxygen atoms in total. The van der Waals surface area contributed by atoms with Crippen molar-refractivity contribution in [3.63, 3.8) is 0 Å². The van der Waals surface area contributed by atoms with E-state index in [2.05, 4.69) is 50.2 Å². The molecule has 1 fully saturated rings. The SMILES string of the molecule is Cc1cc(C)nc(CNCCN(C)c2ccc(NC(=O)C(=O)c3c(C4CCCC4)cc4n3CCCC4)cc2)c1. The molecule has 2 N–H and O–H groups in total. The molecule has 39 heavy (non-hydrogen) atoms. The van der Waals surface area contributed by atoms with Crippen molar-refractivity contribution in [1.29, 1.82) is 0 Å². The lowest BCUT2D eigenvalue weighted by Gasteiger charge is -2.20. The highest BCUT2D eigenvalue weighted by Gasteiger charge is 2.31. The highest BCUT2D eigenvalue weighted by molar-refractivity contribution is 6.46. The van der Waals surface area contributed by atoms with Gasteiger partial charge in [0.05, 0.1) is 11.4 Å². The molecule has 1 aliphatic heterocycles. The molecule has 206 valence electrons. The first-order valence-electron chi connectivity index (χ1n) is 14.4. The number of Topliss-reactive ketones (excluding diaryl/α,β-unsaturated/α-hetero) is 1. The van der Waals surface area contributed by atoms with Gasteiger partial charge in [-0.15, -0.1) is 0 Å². The number of aryl methyl sites for hydroxylation is 3. The van der Waals surface area contributed by atoms with E-state index in [0.717, 1.165) is 80.9 Å². The maximum Gasteiger partial charge on any atom is 0.298 e. The van der Waals surface area contributed by atoms with E-state index in [1.54, 1.807) is 0 Å². The first-order chi connectivity index (χ1) is 18.9. The number of nitrogens with zero attached hydrogens (tertiary/aromatic N) is 3. The summed E-state index contributed by atoms with van der Waals surface area (Å²) in [6.07, 6.45) is 7.81. The number of likely N-dealkylation sites (N-methyl/N-ethyl adjacent to an activating group) is 1. The predicted molar refractivity (Wildman–Crippen MR) is 157 cm³/mol. The molecule has 5 rings (SSSR count). The lowest BCUT2D eigenvalue weighted by Crippen LogP contribution is -2.29. The number of carbonyl (C=O) groups is 2. The zero-order valence-corrected chi connectivity index (χ0v) is 23.6. The Hall–Kier alpha value is -3.45. The van der Waals surface area contributed by atoms with Crippen LogP contribution < -0.4 is 15.5 Å². The van der Waals surface area contributed by atoms with Crippen LogP contribution >= 0.6 is 0 Å². The van der Waals surface area contributed by atoms with E-state index in [9.17, 15) is 9.59 Å². The van der Waals surface area contributed by atoms with Crippen LogP contribution in [0.5, 0.6) is 0 Å². The van der Waals surface area contributed by atoms with E-state index in [0.29, 0.717) is 17.3 Å². The van der Waals surface area contributed by atoms with Gasteiger partial charge in [0.25, 0.3) is 11.7 Å². The molecule has 0 atom stereocenters. The number of nitrogens with one attached hydrogen (secondary N) is 2. The molecule has 0 bridgehead atoms. The van der Waals surface area contributed by atoms with Crippen LogP contribution in [0, 0.1) is 13.8 Å². The second-order valence-electron chi connectivity index (χ2n) is 11.2. The minimum atomic E-state index is -0.550. The summed E-state index contributed by atoms with van der Waals surface area (Å²) in [5, 5.41) is 6.33. The molecule has 1 aliphatic carbocycles. The molecular formula is C32H41N5O2. The number of aromatic nitrogens is 2. The Morgan fingerprint density at radius 3 is 2.54 bits per heavy atom. The monoisotopic (exact) mass is 527 g/mol. The molecule has 1 amide bonds. The van der Waals surface area contributed by atoms with Crippen LogP contribution in [0.3, 0.4) is 0 Å². The van der Waals surface area contributed by atoms with Crippen LogP contribution in [-0.4, -0.2) is 41.4 Å². The second-order valence-corrected chi connectivity index (χ2v) is 11.2. The third kappa shape index (κ3) is 6.41. The van der Waals surface area contributed by atoms with Gasteiger partial charge in [0, 0.05) is 56.0 Å². The van der Waals surface area contributed by atoms with Gasteiger partial charge >= 0.3 is 0 Å². The Labute approximate surface area is 232 Å². The maximum absolute atomic E-state index is 13.5. The van der Waals surface area contributed by atoms with Crippen LogP contribution in [0.4, 0.5) is 11.4 Å². The van der Waals surface area contributed by atoms with Crippen molar-refractivity contribution in [1.82, 2.24) is 14.9 Å². The van der Waals surface area contributed by atoms with Gasteiger partial charge in [-0.2, -0.15) is 0 Å². The number of hydrogen-bond donors (Lipinski definition) is 2. The number of anilines is 2. The maximum atomic E-state index is 13.5. The Balaban J connectivity index is 1.17. The zero-order chi connectivity index (χ0) is 27.4. The quantitative estimate of drug-likeness (QED) is 0.206. The molecule has 0 saturated heterocycles. The summed E-state index contributed by atoms with van der Waals surface area (Å²) in [5.74, 6) is -0.557. The van der Waals surface area contributed by atoms with E-state index in [1.165, 1.54) is 24.1 Å². The summed E-state index contributed by atoms with van der Waals surface area (Å²) in [6.45, 7) is 7.33. The molecule has 0 spiro atoms. The number of hydrogen-bond acceptors (Lipinski definition) is 5. The third-order valence-electron chi connectivity index (χ3n) is 8.14. The average Bonchev–Trinajstić information content (AvgIpc) is 3.58. The lowest BCUT2D eigenvalue weighted by atomic mass is 9.95. The Kier molecular flexibility index (Phi) is 8.46. The first-order valence-corrected chi connectivity index (χ1v) is 14.4. The molecular weight excluding hydrogens is 486 g/mol. The van der Waals surface area contributed by atoms with Crippen molar-refractivity contribution in [2.75, 3.05) is 30.4 Å². The molecule has 3 aromatic rings. The highest BCUT2D eigenvalue weighted by atomic mass is 16.2. The fraction of sp³-hybridized carbons (Fsp3) is 0.469. The fourth-order valence-corrected chi connectivity index (χ4v) is 6.17. The summed E-state index contributed by atoms with van der Waals surface area (Å²) in [4.78, 5) is 33.3. The molecule has 2 aliphatic rings. The Morgan fingerprint density at radius 2 is 1.79 bits per heavy atom. The molecule has 1 aromatic carbocycles. The van der Waals surface area contributed by atoms with Gasteiger partial charge in [-0.25, -0.2) is 0 Å². The number of pyridine rings is 1. The standard InChI is InChI=1S/C32H41N5O2/c1-22-18-23(2)34-26(19-22)21-33-15-17-36(3)27-13-11-25(12-14-27)35-32(39)31(38)30-29(24-8-4-5-9-24)20-28-10-6-7-16-37(28)30/h11-14,18-20,24,33H,4-10,15-17,21H2,1-3H3,(H,35,39). The number of carbonyl (C=O) groups excluding carboxylic acids is 2. The van der Waals surface area contributed by atoms with Gasteiger partial charge < -0.3 is 20.1 Å². The summed E-state index contributed by atoms with van der Waals surface area (Å²) >= 11 is 0. The van der Waals surface area contributed by atoms with Crippen LogP contribution in [-0.2, 0) is 24.3 Å². The van der Waals surface area contributed by atoms with Crippen molar-refractivity contribution in [2.45, 2.75) is 77.8 Å². The summed E-state index contributed by atoms with van der Waals surface area (Å²) in [6, 6.07) is 14.1. The largest absolute Gasteiger partial charge is 0.373 e. The molecule has 0 unspecified atom stereocenters. The zero-order valence-electron chi connectivity index (χ0n) is 23.6. The van der Waals surface area contributed by atoms with Gasteiger partial charge in [0.1, 0.15) is 0 Å². The van der Waals surface area contributed by atoms with Crippen LogP contribution in [0.2, 0.25) is 0 Å². The van der Waals surface area contributed by atoms with Crippen molar-refractivity contribution in [3.05, 3.63) is 76.4 Å². The van der Waals surface area contributed by atoms with Crippen LogP contribution in [0.1, 0.15) is 83.1 Å². The number of fused-ring (bicyclic) bond motifs is 1. The Bertz CT molecular complexity index is 1300. The van der Waals surface area contributed by atoms with Crippen molar-refractivity contribution in [3.8, 4) is 0 Å². The predicted octanol–water partition coefficient (Wildman–Crippen LogP) is 5.54. The van der Waals surface area contributed by atoms with Gasteiger partial charge in [-0.1, -0.05) is 12.8 Å². The average molecular weight is 528 g/mol. The third-order valence-corrected chi connectivity index (χ3v) is 8.14. The van der Waals surface area contributed by atoms with E-state index < -0.39 is 11.7 Å². The van der Waals surface area contributed by atoms with Gasteiger partial charge in [0.15, 0.2) is 0 Å². The highest BCUT2D eigenvalue weighted by Crippen LogP contribution is 2.38. The molecule has 3 heterocycles. The van der Waals surface area contributed by atoms with Crippen molar-refractivity contribution >= 4 is 23.1 Å². The van der Waals surface area contributed by atoms with Crippen LogP contribution in [0.15, 0.2) is 42.5 Å². The lowest BCUT2D eigenvalue weighted by molar-refractivity contribution is -0.112. The minimum absolute atomic E-state index is 0.399. The fourth-order valence-electron chi connectivity index (χ4n) is 6.17. The Morgan fingerprint density at radius 1 is 1.03 bits per heavy atom. The first kappa shape index (κ1) is 27.1. The van der Waals surface area contributed by atoms with Gasteiger partial charge in [-0.05, 0) is 105 Å². The van der Waals surface area contributed by atoms with Crippen molar-refractivity contribution < 1.29 is 9.59 Å². The number of amides is 1. The summed E-state index contributed by atoms with van der Waals surface area (Å²) in [7, 11) is 2.05. The van der Waals surface area contributed by atoms with E-state index in [1.807, 2.05) is 38.2 Å². The van der Waals surface area contributed by atoms with E-state index in [-0.39, 0.29) is 0 Å². The van der Waals surface area contributed by atoms with E-state index in [4.69, 9.17) is 0 Å². The smallest absolute Gasteiger partial charge is 0.298 e. The number of ketones is 1. The summed E-state index contributed by atoms with van der Waals surface area (Å²) in [5.41, 5.74) is 7.96.